The van der Waals surface area contributed by atoms with Gasteiger partial charge in [-0.2, -0.15) is 0 Å². The fourth-order valence-electron chi connectivity index (χ4n) is 3.09. The van der Waals surface area contributed by atoms with Gasteiger partial charge < -0.3 is 18.4 Å². The average molecular weight is 372 g/mol. The van der Waals surface area contributed by atoms with Gasteiger partial charge in [-0.3, -0.25) is 0 Å². The van der Waals surface area contributed by atoms with Gasteiger partial charge in [0, 0.05) is 17.2 Å². The van der Waals surface area contributed by atoms with E-state index >= 15 is 0 Å². The molecular formula is C21H12N2O5. The summed E-state index contributed by atoms with van der Waals surface area (Å²) in [6.07, 6.45) is 5.22. The number of benzene rings is 2. The van der Waals surface area contributed by atoms with Gasteiger partial charge in [-0.1, -0.05) is 6.07 Å². The van der Waals surface area contributed by atoms with Crippen molar-refractivity contribution in [2.75, 3.05) is 0 Å². The smallest absolute Gasteiger partial charge is 0.328 e. The lowest BCUT2D eigenvalue weighted by molar-refractivity contribution is -0.131. The van der Waals surface area contributed by atoms with Crippen molar-refractivity contribution in [3.63, 3.8) is 0 Å². The SMILES string of the molecule is O=C(O)/C=C/c1cc(-c2ccc3ncoc3c2)c(-c2ccc3ncoc3c2)o1. The summed E-state index contributed by atoms with van der Waals surface area (Å²) in [6.45, 7) is 0. The van der Waals surface area contributed by atoms with Crippen LogP contribution in [0.2, 0.25) is 0 Å². The number of aromatic nitrogens is 2. The van der Waals surface area contributed by atoms with Crippen LogP contribution in [-0.4, -0.2) is 21.0 Å². The van der Waals surface area contributed by atoms with Gasteiger partial charge in [-0.05, 0) is 48.0 Å². The standard InChI is InChI=1S/C21H12N2O5/c24-20(25)6-3-14-9-15(12-1-4-16-18(7-12)26-10-22-16)21(28-14)13-2-5-17-19(8-13)27-11-23-17/h1-11H,(H,24,25)/b6-3+. The van der Waals surface area contributed by atoms with E-state index in [0.717, 1.165) is 33.8 Å². The van der Waals surface area contributed by atoms with Gasteiger partial charge in [0.1, 0.15) is 22.6 Å². The molecule has 7 heteroatoms. The normalized spacial score (nSPS) is 11.7. The predicted octanol–water partition coefficient (Wildman–Crippen LogP) is 4.99. The van der Waals surface area contributed by atoms with Crippen LogP contribution in [0.25, 0.3) is 50.7 Å². The Bertz CT molecular complexity index is 1260. The molecule has 0 unspecified atom stereocenters. The first-order valence-corrected chi connectivity index (χ1v) is 8.39. The van der Waals surface area contributed by atoms with Crippen LogP contribution in [0.1, 0.15) is 5.76 Å². The highest BCUT2D eigenvalue weighted by Crippen LogP contribution is 2.37. The number of aliphatic carboxylic acids is 1. The number of furan rings is 1. The van der Waals surface area contributed by atoms with E-state index in [2.05, 4.69) is 9.97 Å². The van der Waals surface area contributed by atoms with E-state index in [1.807, 2.05) is 36.4 Å². The molecule has 0 saturated heterocycles. The maximum Gasteiger partial charge on any atom is 0.328 e. The second kappa shape index (κ2) is 6.24. The first-order valence-electron chi connectivity index (χ1n) is 8.39. The van der Waals surface area contributed by atoms with Crippen LogP contribution in [0.5, 0.6) is 0 Å². The zero-order valence-electron chi connectivity index (χ0n) is 14.3. The van der Waals surface area contributed by atoms with Gasteiger partial charge >= 0.3 is 5.97 Å². The van der Waals surface area contributed by atoms with Gasteiger partial charge in [0.2, 0.25) is 0 Å². The highest BCUT2D eigenvalue weighted by molar-refractivity contribution is 5.90. The van der Waals surface area contributed by atoms with E-state index in [9.17, 15) is 4.79 Å². The van der Waals surface area contributed by atoms with E-state index in [0.29, 0.717) is 22.7 Å². The molecule has 0 radical (unpaired) electrons. The molecule has 0 aliphatic heterocycles. The molecule has 0 aliphatic rings. The van der Waals surface area contributed by atoms with Gasteiger partial charge in [0.15, 0.2) is 24.0 Å². The number of carboxylic acids is 1. The summed E-state index contributed by atoms with van der Waals surface area (Å²) in [5, 5.41) is 8.91. The maximum atomic E-state index is 10.9. The Balaban J connectivity index is 1.70. The summed E-state index contributed by atoms with van der Waals surface area (Å²) in [4.78, 5) is 19.1. The molecule has 0 aliphatic carbocycles. The van der Waals surface area contributed by atoms with Crippen molar-refractivity contribution in [1.29, 1.82) is 0 Å². The number of rotatable bonds is 4. The minimum atomic E-state index is -1.05. The molecule has 3 aromatic heterocycles. The van der Waals surface area contributed by atoms with Crippen LogP contribution < -0.4 is 0 Å². The third kappa shape index (κ3) is 2.75. The number of carbonyl (C=O) groups is 1. The highest BCUT2D eigenvalue weighted by atomic mass is 16.4. The van der Waals surface area contributed by atoms with Gasteiger partial charge in [0.05, 0.1) is 0 Å². The lowest BCUT2D eigenvalue weighted by atomic mass is 10.0. The number of hydrogen-bond acceptors (Lipinski definition) is 6. The van der Waals surface area contributed by atoms with Crippen molar-refractivity contribution in [3.8, 4) is 22.5 Å². The molecule has 5 aromatic rings. The molecule has 0 atom stereocenters. The van der Waals surface area contributed by atoms with Crippen molar-refractivity contribution in [1.82, 2.24) is 9.97 Å². The van der Waals surface area contributed by atoms with Crippen molar-refractivity contribution in [2.24, 2.45) is 0 Å². The monoisotopic (exact) mass is 372 g/mol. The van der Waals surface area contributed by atoms with Gasteiger partial charge in [0.25, 0.3) is 0 Å². The summed E-state index contributed by atoms with van der Waals surface area (Å²) in [5.41, 5.74) is 5.21. The zero-order valence-corrected chi connectivity index (χ0v) is 14.3. The Morgan fingerprint density at radius 1 is 0.893 bits per heavy atom. The minimum absolute atomic E-state index is 0.419. The Kier molecular flexibility index (Phi) is 3.58. The fraction of sp³-hybridized carbons (Fsp3) is 0. The van der Waals surface area contributed by atoms with Crippen molar-refractivity contribution < 1.29 is 23.2 Å². The molecule has 136 valence electrons. The van der Waals surface area contributed by atoms with E-state index in [4.69, 9.17) is 18.4 Å². The van der Waals surface area contributed by atoms with Crippen LogP contribution in [0, 0.1) is 0 Å². The number of oxazole rings is 2. The molecule has 7 nitrogen and oxygen atoms in total. The van der Waals surface area contributed by atoms with Crippen molar-refractivity contribution in [2.45, 2.75) is 0 Å². The van der Waals surface area contributed by atoms with E-state index in [1.54, 1.807) is 6.07 Å². The molecule has 28 heavy (non-hydrogen) atoms. The van der Waals surface area contributed by atoms with Crippen LogP contribution in [0.15, 0.2) is 74.6 Å². The van der Waals surface area contributed by atoms with E-state index in [1.165, 1.54) is 18.9 Å². The third-order valence-electron chi connectivity index (χ3n) is 4.38. The molecule has 3 heterocycles. The van der Waals surface area contributed by atoms with Crippen LogP contribution in [0.4, 0.5) is 0 Å². The number of carboxylic acid groups (broad SMARTS) is 1. The maximum absolute atomic E-state index is 10.9. The number of fused-ring (bicyclic) bond motifs is 2. The average Bonchev–Trinajstić information content (AvgIpc) is 3.43. The predicted molar refractivity (Wildman–Crippen MR) is 101 cm³/mol. The topological polar surface area (TPSA) is 102 Å². The van der Waals surface area contributed by atoms with Gasteiger partial charge in [-0.15, -0.1) is 0 Å². The summed E-state index contributed by atoms with van der Waals surface area (Å²) in [6, 6.07) is 13.0. The lowest BCUT2D eigenvalue weighted by Gasteiger charge is -2.03. The van der Waals surface area contributed by atoms with E-state index in [-0.39, 0.29) is 0 Å². The molecule has 0 fully saturated rings. The Labute approximate surface area is 157 Å². The molecule has 5 rings (SSSR count). The Morgan fingerprint density at radius 2 is 1.54 bits per heavy atom. The summed E-state index contributed by atoms with van der Waals surface area (Å²) in [7, 11) is 0. The molecule has 0 bridgehead atoms. The second-order valence-corrected chi connectivity index (χ2v) is 6.13. The van der Waals surface area contributed by atoms with Crippen LogP contribution in [0.3, 0.4) is 0 Å². The van der Waals surface area contributed by atoms with Crippen LogP contribution >= 0.6 is 0 Å². The van der Waals surface area contributed by atoms with Crippen molar-refractivity contribution >= 4 is 34.2 Å². The van der Waals surface area contributed by atoms with Crippen LogP contribution in [-0.2, 0) is 4.79 Å². The quantitative estimate of drug-likeness (QED) is 0.443. The lowest BCUT2D eigenvalue weighted by Crippen LogP contribution is -1.84. The number of hydrogen-bond donors (Lipinski definition) is 1. The molecule has 2 aromatic carbocycles. The van der Waals surface area contributed by atoms with Gasteiger partial charge in [-0.25, -0.2) is 14.8 Å². The summed E-state index contributed by atoms with van der Waals surface area (Å²) in [5.74, 6) is -0.0457. The first kappa shape index (κ1) is 16.1. The summed E-state index contributed by atoms with van der Waals surface area (Å²) >= 11 is 0. The minimum Gasteiger partial charge on any atom is -0.478 e. The first-order chi connectivity index (χ1) is 13.7. The molecule has 0 saturated carbocycles. The number of nitrogens with zero attached hydrogens (tertiary/aromatic N) is 2. The summed E-state index contributed by atoms with van der Waals surface area (Å²) < 4.78 is 16.8. The second-order valence-electron chi connectivity index (χ2n) is 6.13. The highest BCUT2D eigenvalue weighted by Gasteiger charge is 2.16. The Morgan fingerprint density at radius 3 is 2.21 bits per heavy atom. The molecule has 0 amide bonds. The molecule has 0 spiro atoms. The fourth-order valence-corrected chi connectivity index (χ4v) is 3.09. The zero-order chi connectivity index (χ0) is 19.1. The molecular weight excluding hydrogens is 360 g/mol. The molecule has 1 N–H and O–H groups in total. The largest absolute Gasteiger partial charge is 0.478 e. The van der Waals surface area contributed by atoms with Crippen molar-refractivity contribution in [3.05, 3.63) is 67.1 Å². The third-order valence-corrected chi connectivity index (χ3v) is 4.38. The van der Waals surface area contributed by atoms with E-state index < -0.39 is 5.97 Å². The Hall–Kier alpha value is -4.13.